The van der Waals surface area contributed by atoms with Crippen LogP contribution in [0, 0.1) is 23.7 Å². The van der Waals surface area contributed by atoms with Crippen molar-refractivity contribution in [2.24, 2.45) is 23.7 Å². The second-order valence-corrected chi connectivity index (χ2v) is 5.41. The Morgan fingerprint density at radius 2 is 1.80 bits per heavy atom. The third-order valence-electron chi connectivity index (χ3n) is 3.70. The van der Waals surface area contributed by atoms with Gasteiger partial charge in [0.25, 0.3) is 0 Å². The minimum atomic E-state index is -0.580. The first kappa shape index (κ1) is 12.5. The molecule has 0 saturated heterocycles. The Morgan fingerprint density at radius 1 is 1.27 bits per heavy atom. The summed E-state index contributed by atoms with van der Waals surface area (Å²) in [5.74, 6) is 1.15. The number of rotatable bonds is 4. The van der Waals surface area contributed by atoms with E-state index in [0.29, 0.717) is 17.8 Å². The number of carboxylic acids is 1. The lowest BCUT2D eigenvalue weighted by Crippen LogP contribution is -2.30. The Kier molecular flexibility index (Phi) is 4.62. The molecule has 88 valence electrons. The molecule has 1 aliphatic rings. The Hall–Kier alpha value is -0.530. The van der Waals surface area contributed by atoms with Gasteiger partial charge in [-0.05, 0) is 43.4 Å². The third-order valence-corrected chi connectivity index (χ3v) is 3.70. The summed E-state index contributed by atoms with van der Waals surface area (Å²) in [4.78, 5) is 11.2. The summed E-state index contributed by atoms with van der Waals surface area (Å²) in [5.41, 5.74) is 0. The molecule has 1 saturated carbocycles. The quantitative estimate of drug-likeness (QED) is 0.773. The van der Waals surface area contributed by atoms with Crippen LogP contribution in [0.3, 0.4) is 0 Å². The molecule has 15 heavy (non-hydrogen) atoms. The first-order valence-corrected chi connectivity index (χ1v) is 6.27. The van der Waals surface area contributed by atoms with E-state index in [4.69, 9.17) is 0 Å². The van der Waals surface area contributed by atoms with Gasteiger partial charge in [-0.3, -0.25) is 4.79 Å². The van der Waals surface area contributed by atoms with E-state index in [1.807, 2.05) is 0 Å². The van der Waals surface area contributed by atoms with Crippen LogP contribution >= 0.6 is 0 Å². The van der Waals surface area contributed by atoms with Gasteiger partial charge in [0, 0.05) is 0 Å². The van der Waals surface area contributed by atoms with Gasteiger partial charge in [-0.15, -0.1) is 0 Å². The molecule has 0 heterocycles. The highest BCUT2D eigenvalue weighted by atomic mass is 16.4. The van der Waals surface area contributed by atoms with Gasteiger partial charge in [-0.2, -0.15) is 0 Å². The predicted molar refractivity (Wildman–Crippen MR) is 61.7 cm³/mol. The maximum Gasteiger partial charge on any atom is 0.306 e. The predicted octanol–water partition coefficient (Wildman–Crippen LogP) is 3.56. The smallest absolute Gasteiger partial charge is 0.306 e. The van der Waals surface area contributed by atoms with Crippen LogP contribution in [0.25, 0.3) is 0 Å². The summed E-state index contributed by atoms with van der Waals surface area (Å²) in [6, 6.07) is 0. The average molecular weight is 212 g/mol. The van der Waals surface area contributed by atoms with E-state index in [-0.39, 0.29) is 5.92 Å². The molecule has 3 atom stereocenters. The Labute approximate surface area is 93.1 Å². The van der Waals surface area contributed by atoms with Gasteiger partial charge in [-0.25, -0.2) is 0 Å². The first-order chi connectivity index (χ1) is 7.04. The van der Waals surface area contributed by atoms with Crippen molar-refractivity contribution in [2.75, 3.05) is 0 Å². The second-order valence-electron chi connectivity index (χ2n) is 5.41. The van der Waals surface area contributed by atoms with Gasteiger partial charge >= 0.3 is 5.97 Å². The maximum absolute atomic E-state index is 11.2. The zero-order chi connectivity index (χ0) is 11.4. The third kappa shape index (κ3) is 3.51. The van der Waals surface area contributed by atoms with E-state index >= 15 is 0 Å². The molecule has 0 radical (unpaired) electrons. The summed E-state index contributed by atoms with van der Waals surface area (Å²) >= 11 is 0. The fraction of sp³-hybridized carbons (Fsp3) is 0.923. The standard InChI is InChI=1S/C13H24O2/c1-4-5-12(13(14)15)11-7-9(2)6-10(3)8-11/h9-12H,4-8H2,1-3H3,(H,14,15). The maximum atomic E-state index is 11.2. The Bertz CT molecular complexity index is 203. The minimum Gasteiger partial charge on any atom is -0.481 e. The van der Waals surface area contributed by atoms with Crippen molar-refractivity contribution in [1.29, 1.82) is 0 Å². The molecule has 1 fully saturated rings. The van der Waals surface area contributed by atoms with Crippen molar-refractivity contribution in [3.05, 3.63) is 0 Å². The molecular weight excluding hydrogens is 188 g/mol. The van der Waals surface area contributed by atoms with E-state index in [0.717, 1.165) is 25.7 Å². The Balaban J connectivity index is 2.61. The van der Waals surface area contributed by atoms with Crippen molar-refractivity contribution >= 4 is 5.97 Å². The zero-order valence-corrected chi connectivity index (χ0v) is 10.2. The molecule has 2 heteroatoms. The number of carbonyl (C=O) groups is 1. The van der Waals surface area contributed by atoms with Crippen molar-refractivity contribution in [3.8, 4) is 0 Å². The van der Waals surface area contributed by atoms with Crippen LogP contribution in [0.1, 0.15) is 52.9 Å². The molecule has 0 aromatic rings. The van der Waals surface area contributed by atoms with Crippen LogP contribution in [0.4, 0.5) is 0 Å². The highest BCUT2D eigenvalue weighted by molar-refractivity contribution is 5.70. The number of hydrogen-bond donors (Lipinski definition) is 1. The fourth-order valence-electron chi connectivity index (χ4n) is 3.21. The monoisotopic (exact) mass is 212 g/mol. The summed E-state index contributed by atoms with van der Waals surface area (Å²) in [6.45, 7) is 6.59. The van der Waals surface area contributed by atoms with Gasteiger partial charge in [-0.1, -0.05) is 27.2 Å². The molecule has 0 spiro atoms. The largest absolute Gasteiger partial charge is 0.481 e. The zero-order valence-electron chi connectivity index (χ0n) is 10.2. The Morgan fingerprint density at radius 3 is 2.20 bits per heavy atom. The normalized spacial score (nSPS) is 33.7. The van der Waals surface area contributed by atoms with Crippen LogP contribution in [0.5, 0.6) is 0 Å². The average Bonchev–Trinajstić information content (AvgIpc) is 2.11. The van der Waals surface area contributed by atoms with E-state index in [1.165, 1.54) is 6.42 Å². The van der Waals surface area contributed by atoms with Crippen LogP contribution in [0.2, 0.25) is 0 Å². The molecule has 1 rings (SSSR count). The second kappa shape index (κ2) is 5.53. The number of aliphatic carboxylic acids is 1. The first-order valence-electron chi connectivity index (χ1n) is 6.27. The van der Waals surface area contributed by atoms with Gasteiger partial charge in [0.05, 0.1) is 5.92 Å². The summed E-state index contributed by atoms with van der Waals surface area (Å²) in [7, 11) is 0. The number of carboxylic acid groups (broad SMARTS) is 1. The van der Waals surface area contributed by atoms with Crippen LogP contribution < -0.4 is 0 Å². The SMILES string of the molecule is CCCC(C(=O)O)C1CC(C)CC(C)C1. The summed E-state index contributed by atoms with van der Waals surface area (Å²) in [5, 5.41) is 9.23. The van der Waals surface area contributed by atoms with Gasteiger partial charge in [0.2, 0.25) is 0 Å². The van der Waals surface area contributed by atoms with Crippen LogP contribution in [-0.4, -0.2) is 11.1 Å². The summed E-state index contributed by atoms with van der Waals surface area (Å²) < 4.78 is 0. The highest BCUT2D eigenvalue weighted by Gasteiger charge is 2.33. The molecule has 0 aliphatic heterocycles. The van der Waals surface area contributed by atoms with Gasteiger partial charge in [0.1, 0.15) is 0 Å². The lowest BCUT2D eigenvalue weighted by molar-refractivity contribution is -0.145. The molecule has 2 nitrogen and oxygen atoms in total. The molecule has 0 aromatic heterocycles. The van der Waals surface area contributed by atoms with Crippen molar-refractivity contribution in [2.45, 2.75) is 52.9 Å². The number of hydrogen-bond acceptors (Lipinski definition) is 1. The van der Waals surface area contributed by atoms with E-state index in [2.05, 4.69) is 20.8 Å². The van der Waals surface area contributed by atoms with Crippen molar-refractivity contribution in [1.82, 2.24) is 0 Å². The van der Waals surface area contributed by atoms with Crippen molar-refractivity contribution in [3.63, 3.8) is 0 Å². The molecule has 0 aromatic carbocycles. The van der Waals surface area contributed by atoms with Gasteiger partial charge in [0.15, 0.2) is 0 Å². The molecule has 1 N–H and O–H groups in total. The van der Waals surface area contributed by atoms with E-state index < -0.39 is 5.97 Å². The minimum absolute atomic E-state index is 0.0970. The van der Waals surface area contributed by atoms with E-state index in [9.17, 15) is 9.90 Å². The van der Waals surface area contributed by atoms with Crippen LogP contribution in [-0.2, 0) is 4.79 Å². The molecule has 0 amide bonds. The van der Waals surface area contributed by atoms with Gasteiger partial charge < -0.3 is 5.11 Å². The lowest BCUT2D eigenvalue weighted by atomic mass is 9.70. The highest BCUT2D eigenvalue weighted by Crippen LogP contribution is 2.38. The molecule has 3 unspecified atom stereocenters. The molecule has 0 bridgehead atoms. The topological polar surface area (TPSA) is 37.3 Å². The fourth-order valence-corrected chi connectivity index (χ4v) is 3.21. The molecular formula is C13H24O2. The molecule has 1 aliphatic carbocycles. The lowest BCUT2D eigenvalue weighted by Gasteiger charge is -2.34. The van der Waals surface area contributed by atoms with Crippen molar-refractivity contribution < 1.29 is 9.90 Å². The van der Waals surface area contributed by atoms with Crippen LogP contribution in [0.15, 0.2) is 0 Å². The summed E-state index contributed by atoms with van der Waals surface area (Å²) in [6.07, 6.45) is 5.33. The van der Waals surface area contributed by atoms with E-state index in [1.54, 1.807) is 0 Å².